The number of hydrogen-bond donors (Lipinski definition) is 0. The molecule has 110 valence electrons. The molecule has 0 bridgehead atoms. The first kappa shape index (κ1) is 15.2. The fourth-order valence-corrected chi connectivity index (χ4v) is 2.65. The number of carbonyl (C=O) groups excluding carboxylic acids is 1. The van der Waals surface area contributed by atoms with Crippen molar-refractivity contribution in [2.24, 2.45) is 0 Å². The number of rotatable bonds is 4. The second-order valence-corrected chi connectivity index (χ2v) is 5.80. The van der Waals surface area contributed by atoms with Gasteiger partial charge in [-0.25, -0.2) is 4.79 Å². The molecular formula is C16H21ClO3. The van der Waals surface area contributed by atoms with Crippen molar-refractivity contribution in [1.29, 1.82) is 0 Å². The molecule has 1 aliphatic carbocycles. The van der Waals surface area contributed by atoms with Crippen molar-refractivity contribution in [3.63, 3.8) is 0 Å². The zero-order valence-electron chi connectivity index (χ0n) is 12.0. The molecule has 20 heavy (non-hydrogen) atoms. The maximum absolute atomic E-state index is 12.0. The number of esters is 1. The molecule has 0 radical (unpaired) electrons. The van der Waals surface area contributed by atoms with Crippen molar-refractivity contribution in [2.75, 3.05) is 0 Å². The third-order valence-electron chi connectivity index (χ3n) is 3.61. The minimum Gasteiger partial charge on any atom is -0.479 e. The van der Waals surface area contributed by atoms with E-state index < -0.39 is 6.10 Å². The van der Waals surface area contributed by atoms with Gasteiger partial charge in [-0.05, 0) is 63.3 Å². The molecule has 0 heterocycles. The Hall–Kier alpha value is -1.22. The molecule has 3 nitrogen and oxygen atoms in total. The Morgan fingerprint density at radius 3 is 2.65 bits per heavy atom. The van der Waals surface area contributed by atoms with Gasteiger partial charge in [-0.3, -0.25) is 0 Å². The van der Waals surface area contributed by atoms with Crippen LogP contribution >= 0.6 is 11.6 Å². The van der Waals surface area contributed by atoms with Gasteiger partial charge in [0.25, 0.3) is 0 Å². The van der Waals surface area contributed by atoms with Gasteiger partial charge in [-0.15, -0.1) is 0 Å². The predicted molar refractivity (Wildman–Crippen MR) is 79.2 cm³/mol. The Morgan fingerprint density at radius 2 is 2.00 bits per heavy atom. The number of halogens is 1. The Kier molecular flexibility index (Phi) is 5.30. The molecule has 0 saturated heterocycles. The molecule has 0 N–H and O–H groups in total. The number of hydrogen-bond acceptors (Lipinski definition) is 3. The van der Waals surface area contributed by atoms with E-state index in [1.54, 1.807) is 19.1 Å². The minimum absolute atomic E-state index is 0.0635. The van der Waals surface area contributed by atoms with Gasteiger partial charge in [0, 0.05) is 5.02 Å². The number of aryl methyl sites for hydroxylation is 1. The molecule has 1 fully saturated rings. The summed E-state index contributed by atoms with van der Waals surface area (Å²) in [6, 6.07) is 5.35. The van der Waals surface area contributed by atoms with Crippen LogP contribution in [0.25, 0.3) is 0 Å². The highest BCUT2D eigenvalue weighted by Crippen LogP contribution is 2.24. The monoisotopic (exact) mass is 296 g/mol. The van der Waals surface area contributed by atoms with Crippen LogP contribution in [0.15, 0.2) is 18.2 Å². The SMILES string of the molecule is Cc1cc(Cl)ccc1OC(C)C(=O)OC1CCCCC1. The Morgan fingerprint density at radius 1 is 1.30 bits per heavy atom. The highest BCUT2D eigenvalue weighted by atomic mass is 35.5. The quantitative estimate of drug-likeness (QED) is 0.778. The van der Waals surface area contributed by atoms with E-state index in [1.807, 2.05) is 13.0 Å². The molecule has 1 atom stereocenters. The maximum Gasteiger partial charge on any atom is 0.347 e. The minimum atomic E-state index is -0.600. The van der Waals surface area contributed by atoms with Crippen LogP contribution in [-0.2, 0) is 9.53 Å². The van der Waals surface area contributed by atoms with Gasteiger partial charge in [0.1, 0.15) is 11.9 Å². The first-order chi connectivity index (χ1) is 9.56. The summed E-state index contributed by atoms with van der Waals surface area (Å²) >= 11 is 5.90. The Balaban J connectivity index is 1.89. The fraction of sp³-hybridized carbons (Fsp3) is 0.562. The summed E-state index contributed by atoms with van der Waals surface area (Å²) in [4.78, 5) is 12.0. The number of ether oxygens (including phenoxy) is 2. The van der Waals surface area contributed by atoms with Gasteiger partial charge < -0.3 is 9.47 Å². The molecule has 1 unspecified atom stereocenters. The van der Waals surface area contributed by atoms with Crippen molar-refractivity contribution in [3.8, 4) is 5.75 Å². The zero-order chi connectivity index (χ0) is 14.5. The van der Waals surface area contributed by atoms with Crippen LogP contribution in [0.3, 0.4) is 0 Å². The molecule has 1 saturated carbocycles. The van der Waals surface area contributed by atoms with Crippen LogP contribution in [0.5, 0.6) is 5.75 Å². The smallest absolute Gasteiger partial charge is 0.347 e. The van der Waals surface area contributed by atoms with E-state index in [4.69, 9.17) is 21.1 Å². The summed E-state index contributed by atoms with van der Waals surface area (Å²) < 4.78 is 11.2. The number of carbonyl (C=O) groups is 1. The van der Waals surface area contributed by atoms with Crippen LogP contribution in [-0.4, -0.2) is 18.2 Å². The summed E-state index contributed by atoms with van der Waals surface area (Å²) in [6.07, 6.45) is 4.93. The average Bonchev–Trinajstić information content (AvgIpc) is 2.43. The van der Waals surface area contributed by atoms with Gasteiger partial charge in [0.15, 0.2) is 6.10 Å². The summed E-state index contributed by atoms with van der Waals surface area (Å²) in [5.74, 6) is 0.383. The van der Waals surface area contributed by atoms with E-state index >= 15 is 0 Å². The maximum atomic E-state index is 12.0. The molecule has 1 aromatic carbocycles. The third kappa shape index (κ3) is 4.14. The van der Waals surface area contributed by atoms with Crippen molar-refractivity contribution in [3.05, 3.63) is 28.8 Å². The largest absolute Gasteiger partial charge is 0.479 e. The molecule has 0 amide bonds. The lowest BCUT2D eigenvalue weighted by Crippen LogP contribution is -2.31. The zero-order valence-corrected chi connectivity index (χ0v) is 12.8. The lowest BCUT2D eigenvalue weighted by atomic mass is 9.98. The van der Waals surface area contributed by atoms with Gasteiger partial charge in [0.2, 0.25) is 0 Å². The Labute approximate surface area is 125 Å². The lowest BCUT2D eigenvalue weighted by molar-refractivity contribution is -0.158. The number of benzene rings is 1. The molecule has 0 spiro atoms. The Bertz CT molecular complexity index is 467. The highest BCUT2D eigenvalue weighted by molar-refractivity contribution is 6.30. The van der Waals surface area contributed by atoms with Crippen LogP contribution in [0.2, 0.25) is 5.02 Å². The van der Waals surface area contributed by atoms with Gasteiger partial charge in [-0.2, -0.15) is 0 Å². The van der Waals surface area contributed by atoms with Gasteiger partial charge >= 0.3 is 5.97 Å². The van der Waals surface area contributed by atoms with Crippen molar-refractivity contribution in [2.45, 2.75) is 58.2 Å². The predicted octanol–water partition coefficient (Wildman–Crippen LogP) is 4.29. The van der Waals surface area contributed by atoms with E-state index in [1.165, 1.54) is 6.42 Å². The van der Waals surface area contributed by atoms with E-state index in [9.17, 15) is 4.79 Å². The molecule has 1 aromatic rings. The van der Waals surface area contributed by atoms with Crippen LogP contribution < -0.4 is 4.74 Å². The molecule has 4 heteroatoms. The summed E-state index contributed by atoms with van der Waals surface area (Å²) in [5.41, 5.74) is 0.912. The molecular weight excluding hydrogens is 276 g/mol. The molecule has 2 rings (SSSR count). The summed E-state index contributed by atoms with van der Waals surface area (Å²) in [6.45, 7) is 3.62. The van der Waals surface area contributed by atoms with Gasteiger partial charge in [-0.1, -0.05) is 18.0 Å². The summed E-state index contributed by atoms with van der Waals surface area (Å²) in [7, 11) is 0. The fourth-order valence-electron chi connectivity index (χ4n) is 2.43. The second-order valence-electron chi connectivity index (χ2n) is 5.37. The van der Waals surface area contributed by atoms with E-state index in [2.05, 4.69) is 0 Å². The average molecular weight is 297 g/mol. The highest BCUT2D eigenvalue weighted by Gasteiger charge is 2.23. The van der Waals surface area contributed by atoms with Crippen LogP contribution in [0, 0.1) is 6.92 Å². The van der Waals surface area contributed by atoms with Crippen molar-refractivity contribution < 1.29 is 14.3 Å². The molecule has 0 aromatic heterocycles. The van der Waals surface area contributed by atoms with Crippen molar-refractivity contribution >= 4 is 17.6 Å². The van der Waals surface area contributed by atoms with Gasteiger partial charge in [0.05, 0.1) is 0 Å². The van der Waals surface area contributed by atoms with Crippen molar-refractivity contribution in [1.82, 2.24) is 0 Å². The van der Waals surface area contributed by atoms with E-state index in [0.29, 0.717) is 10.8 Å². The van der Waals surface area contributed by atoms with E-state index in [0.717, 1.165) is 31.2 Å². The summed E-state index contributed by atoms with van der Waals surface area (Å²) in [5, 5.41) is 0.660. The molecule has 1 aliphatic rings. The topological polar surface area (TPSA) is 35.5 Å². The third-order valence-corrected chi connectivity index (χ3v) is 3.84. The first-order valence-electron chi connectivity index (χ1n) is 7.19. The normalized spacial score (nSPS) is 17.6. The first-order valence-corrected chi connectivity index (χ1v) is 7.57. The van der Waals surface area contributed by atoms with Crippen LogP contribution in [0.4, 0.5) is 0 Å². The second kappa shape index (κ2) is 6.98. The molecule has 0 aliphatic heterocycles. The standard InChI is InChI=1S/C16H21ClO3/c1-11-10-13(17)8-9-15(11)19-12(2)16(18)20-14-6-4-3-5-7-14/h8-10,12,14H,3-7H2,1-2H3. The lowest BCUT2D eigenvalue weighted by Gasteiger charge is -2.24. The van der Waals surface area contributed by atoms with Crippen LogP contribution in [0.1, 0.15) is 44.6 Å². The van der Waals surface area contributed by atoms with E-state index in [-0.39, 0.29) is 12.1 Å².